The van der Waals surface area contributed by atoms with Crippen LogP contribution < -0.4 is 4.74 Å². The number of hydrogen-bond acceptors (Lipinski definition) is 3. The molecule has 0 aliphatic heterocycles. The highest BCUT2D eigenvalue weighted by Crippen LogP contribution is 2.67. The predicted molar refractivity (Wildman–Crippen MR) is 192 cm³/mol. The van der Waals surface area contributed by atoms with Gasteiger partial charge in [0.05, 0.1) is 12.2 Å². The van der Waals surface area contributed by atoms with E-state index in [-0.39, 0.29) is 17.5 Å². The van der Waals surface area contributed by atoms with Gasteiger partial charge in [0.25, 0.3) is 0 Å². The average Bonchev–Trinajstić information content (AvgIpc) is 3.40. The lowest BCUT2D eigenvalue weighted by Crippen LogP contribution is -2.51. The highest BCUT2D eigenvalue weighted by Gasteiger charge is 2.59. The van der Waals surface area contributed by atoms with Crippen LogP contribution >= 0.6 is 0 Å². The molecule has 8 atom stereocenters. The third-order valence-corrected chi connectivity index (χ3v) is 13.6. The molecule has 3 heteroatoms. The lowest BCUT2D eigenvalue weighted by Gasteiger charge is -2.58. The molecule has 5 rings (SSSR count). The third kappa shape index (κ3) is 8.08. The Bertz CT molecular complexity index is 1140. The summed E-state index contributed by atoms with van der Waals surface area (Å²) in [4.78, 5) is 13.2. The summed E-state index contributed by atoms with van der Waals surface area (Å²) in [7, 11) is 0. The Morgan fingerprint density at radius 1 is 0.848 bits per heavy atom. The van der Waals surface area contributed by atoms with Crippen LogP contribution in [-0.2, 0) is 4.74 Å². The van der Waals surface area contributed by atoms with Crippen molar-refractivity contribution in [3.05, 3.63) is 41.5 Å². The van der Waals surface area contributed by atoms with E-state index in [1.165, 1.54) is 89.9 Å². The van der Waals surface area contributed by atoms with Crippen LogP contribution in [0.25, 0.3) is 0 Å². The molecule has 3 fully saturated rings. The Morgan fingerprint density at radius 2 is 1.59 bits per heavy atom. The first-order valence-corrected chi connectivity index (χ1v) is 19.8. The summed E-state index contributed by atoms with van der Waals surface area (Å²) in [5.41, 5.74) is 3.03. The van der Waals surface area contributed by atoms with Gasteiger partial charge in [-0.05, 0) is 122 Å². The zero-order valence-electron chi connectivity index (χ0n) is 30.6. The summed E-state index contributed by atoms with van der Waals surface area (Å²) in [6, 6.07) is 7.60. The van der Waals surface area contributed by atoms with Gasteiger partial charge in [0.2, 0.25) is 0 Å². The molecular formula is C43H68O3. The number of fused-ring (bicyclic) bond motifs is 5. The first-order valence-electron chi connectivity index (χ1n) is 19.8. The molecule has 258 valence electrons. The van der Waals surface area contributed by atoms with Crippen LogP contribution in [0.4, 0.5) is 0 Å². The monoisotopic (exact) mass is 633 g/mol. The van der Waals surface area contributed by atoms with Gasteiger partial charge in [-0.15, -0.1) is 0 Å². The molecule has 0 spiro atoms. The molecule has 0 bridgehead atoms. The first kappa shape index (κ1) is 35.5. The molecular weight excluding hydrogens is 564 g/mol. The maximum atomic E-state index is 13.2. The lowest BCUT2D eigenvalue weighted by atomic mass is 9.47. The lowest BCUT2D eigenvalue weighted by molar-refractivity contribution is -0.0594. The summed E-state index contributed by atoms with van der Waals surface area (Å²) in [6.07, 6.45) is 25.7. The van der Waals surface area contributed by atoms with Gasteiger partial charge in [-0.25, -0.2) is 4.79 Å². The van der Waals surface area contributed by atoms with Crippen molar-refractivity contribution in [1.29, 1.82) is 0 Å². The fourth-order valence-electron chi connectivity index (χ4n) is 10.9. The van der Waals surface area contributed by atoms with Gasteiger partial charge in [0.1, 0.15) is 11.9 Å². The van der Waals surface area contributed by atoms with Gasteiger partial charge in [-0.2, -0.15) is 0 Å². The van der Waals surface area contributed by atoms with Crippen LogP contribution in [-0.4, -0.2) is 18.7 Å². The molecule has 46 heavy (non-hydrogen) atoms. The van der Waals surface area contributed by atoms with Crippen molar-refractivity contribution < 1.29 is 14.3 Å². The maximum absolute atomic E-state index is 13.2. The van der Waals surface area contributed by atoms with E-state index in [0.717, 1.165) is 73.5 Å². The van der Waals surface area contributed by atoms with Crippen molar-refractivity contribution in [2.75, 3.05) is 6.61 Å². The van der Waals surface area contributed by atoms with Gasteiger partial charge < -0.3 is 9.47 Å². The number of esters is 1. The number of benzene rings is 1. The predicted octanol–water partition coefficient (Wildman–Crippen LogP) is 12.4. The topological polar surface area (TPSA) is 35.5 Å². The Labute approximate surface area is 283 Å². The molecule has 3 saturated carbocycles. The van der Waals surface area contributed by atoms with E-state index in [1.807, 2.05) is 24.3 Å². The Balaban J connectivity index is 1.10. The number of ether oxygens (including phenoxy) is 2. The zero-order valence-corrected chi connectivity index (χ0v) is 30.6. The molecule has 3 nitrogen and oxygen atoms in total. The average molecular weight is 633 g/mol. The van der Waals surface area contributed by atoms with Crippen molar-refractivity contribution in [3.63, 3.8) is 0 Å². The van der Waals surface area contributed by atoms with Crippen LogP contribution in [0.1, 0.15) is 167 Å². The molecule has 0 heterocycles. The van der Waals surface area contributed by atoms with Crippen LogP contribution in [0, 0.1) is 46.3 Å². The molecule has 0 amide bonds. The molecule has 0 radical (unpaired) electrons. The van der Waals surface area contributed by atoms with E-state index < -0.39 is 0 Å². The van der Waals surface area contributed by atoms with Gasteiger partial charge in [-0.3, -0.25) is 0 Å². The van der Waals surface area contributed by atoms with Gasteiger partial charge in [-0.1, -0.05) is 111 Å². The Hall–Kier alpha value is -1.77. The van der Waals surface area contributed by atoms with Crippen molar-refractivity contribution in [2.45, 2.75) is 163 Å². The molecule has 0 N–H and O–H groups in total. The molecule has 0 aromatic heterocycles. The minimum atomic E-state index is -0.186. The zero-order chi connectivity index (χ0) is 32.7. The summed E-state index contributed by atoms with van der Waals surface area (Å²) >= 11 is 0. The minimum Gasteiger partial charge on any atom is -0.494 e. The fourth-order valence-corrected chi connectivity index (χ4v) is 10.9. The Morgan fingerprint density at radius 3 is 2.33 bits per heavy atom. The van der Waals surface area contributed by atoms with E-state index in [4.69, 9.17) is 9.47 Å². The largest absolute Gasteiger partial charge is 0.494 e. The summed E-state index contributed by atoms with van der Waals surface area (Å²) < 4.78 is 12.1. The fraction of sp³-hybridized carbons (Fsp3) is 0.791. The van der Waals surface area contributed by atoms with Crippen molar-refractivity contribution >= 4 is 5.97 Å². The first-order chi connectivity index (χ1) is 22.2. The molecule has 1 aromatic rings. The highest BCUT2D eigenvalue weighted by atomic mass is 16.5. The highest BCUT2D eigenvalue weighted by molar-refractivity contribution is 5.89. The summed E-state index contributed by atoms with van der Waals surface area (Å²) in [6.45, 7) is 15.6. The number of carbonyl (C=O) groups excluding carboxylic acids is 1. The van der Waals surface area contributed by atoms with Gasteiger partial charge in [0, 0.05) is 6.42 Å². The van der Waals surface area contributed by atoms with Crippen molar-refractivity contribution in [3.8, 4) is 5.75 Å². The second kappa shape index (κ2) is 16.1. The minimum absolute atomic E-state index is 0.00645. The van der Waals surface area contributed by atoms with Crippen molar-refractivity contribution in [2.24, 2.45) is 46.3 Å². The van der Waals surface area contributed by atoms with E-state index >= 15 is 0 Å². The number of allylic oxidation sites excluding steroid dienone is 1. The number of carbonyl (C=O) groups is 1. The molecule has 0 saturated heterocycles. The standard InChI is InChI=1S/C43H68O3/c1-7-8-9-10-11-12-13-29-45-35-20-17-33(18-21-35)41(44)46-36-25-27-42(5)34(30-36)19-22-37-39-24-23-38(32(4)16-14-15-31(2)3)43(39,6)28-26-40(37)42/h17-21,31-32,36-40H,7-16,22-30H2,1-6H3/t32-,36-,37+,38-,39+,40+,42-,43+/m0/s1. The van der Waals surface area contributed by atoms with Gasteiger partial charge in [0.15, 0.2) is 0 Å². The van der Waals surface area contributed by atoms with E-state index in [1.54, 1.807) is 5.57 Å². The normalized spacial score (nSPS) is 32.7. The molecule has 4 aliphatic carbocycles. The van der Waals surface area contributed by atoms with E-state index in [9.17, 15) is 4.79 Å². The maximum Gasteiger partial charge on any atom is 0.338 e. The van der Waals surface area contributed by atoms with Crippen LogP contribution in [0.15, 0.2) is 35.9 Å². The van der Waals surface area contributed by atoms with E-state index in [0.29, 0.717) is 11.0 Å². The summed E-state index contributed by atoms with van der Waals surface area (Å²) in [5.74, 6) is 5.77. The van der Waals surface area contributed by atoms with Crippen molar-refractivity contribution in [1.82, 2.24) is 0 Å². The quantitative estimate of drug-likeness (QED) is 0.103. The number of unbranched alkanes of at least 4 members (excludes halogenated alkanes) is 6. The second-order valence-electron chi connectivity index (χ2n) is 17.1. The van der Waals surface area contributed by atoms with Crippen LogP contribution in [0.5, 0.6) is 5.75 Å². The number of rotatable bonds is 16. The van der Waals surface area contributed by atoms with Crippen LogP contribution in [0.3, 0.4) is 0 Å². The molecule has 0 unspecified atom stereocenters. The number of hydrogen-bond donors (Lipinski definition) is 0. The molecule has 4 aliphatic rings. The van der Waals surface area contributed by atoms with Gasteiger partial charge >= 0.3 is 5.97 Å². The molecule has 1 aromatic carbocycles. The SMILES string of the molecule is CCCCCCCCCOc1ccc(C(=O)O[C@H]2CC[C@@]3(C)C(=CC[C@@H]4[C@H]5CC[C@@H]([C@@H](C)CCCC(C)C)[C@@]5(C)CC[C@H]43)C2)cc1. The summed E-state index contributed by atoms with van der Waals surface area (Å²) in [5, 5.41) is 0. The second-order valence-corrected chi connectivity index (χ2v) is 17.1. The van der Waals surface area contributed by atoms with Crippen LogP contribution in [0.2, 0.25) is 0 Å². The van der Waals surface area contributed by atoms with E-state index in [2.05, 4.69) is 47.6 Å². The third-order valence-electron chi connectivity index (χ3n) is 13.6. The smallest absolute Gasteiger partial charge is 0.338 e. The Kier molecular flexibility index (Phi) is 12.4.